The lowest BCUT2D eigenvalue weighted by molar-refractivity contribution is -0.0443. The predicted octanol–water partition coefficient (Wildman–Crippen LogP) is 11.7. The van der Waals surface area contributed by atoms with Gasteiger partial charge in [0.1, 0.15) is 11.3 Å². The van der Waals surface area contributed by atoms with Gasteiger partial charge in [0.05, 0.1) is 13.2 Å². The molecular weight excluding hydrogens is 532 g/mol. The van der Waals surface area contributed by atoms with E-state index in [4.69, 9.17) is 19.6 Å². The lowest BCUT2D eigenvalue weighted by Crippen LogP contribution is -2.35. The van der Waals surface area contributed by atoms with E-state index < -0.39 is 11.8 Å². The smallest absolute Gasteiger partial charge is 0.477 e. The molecule has 0 aromatic carbocycles. The molecule has 0 aliphatic heterocycles. The second kappa shape index (κ2) is 31.4. The van der Waals surface area contributed by atoms with Crippen molar-refractivity contribution in [1.29, 1.82) is 5.41 Å². The minimum absolute atomic E-state index is 0.149. The number of rotatable bonds is 21. The average Bonchev–Trinajstić information content (AvgIpc) is 2.97. The highest BCUT2D eigenvalue weighted by atomic mass is 32.1. The molecule has 7 heteroatoms. The average molecular weight is 601 g/mol. The fraction of sp³-hybridized carbons (Fsp3) is 0.853. The summed E-state index contributed by atoms with van der Waals surface area (Å²) >= 11 is 3.98. The molecule has 0 aromatic heterocycles. The molecule has 0 amide bonds. The molecule has 0 rings (SSSR count). The van der Waals surface area contributed by atoms with Crippen LogP contribution < -0.4 is 0 Å². The minimum atomic E-state index is -0.527. The molecule has 41 heavy (non-hydrogen) atoms. The summed E-state index contributed by atoms with van der Waals surface area (Å²) in [6, 6.07) is 0. The number of nitrogens with zero attached hydrogens (tertiary/aromatic N) is 1. The van der Waals surface area contributed by atoms with Crippen LogP contribution in [0, 0.1) is 11.3 Å². The zero-order valence-corrected chi connectivity index (χ0v) is 29.6. The van der Waals surface area contributed by atoms with Crippen LogP contribution in [0.25, 0.3) is 0 Å². The van der Waals surface area contributed by atoms with Gasteiger partial charge in [-0.2, -0.15) is 0 Å². The first-order valence-electron chi connectivity index (χ1n) is 16.6. The zero-order valence-electron chi connectivity index (χ0n) is 28.7. The van der Waals surface area contributed by atoms with Gasteiger partial charge in [0, 0.05) is 0 Å². The fourth-order valence-corrected chi connectivity index (χ4v) is 4.02. The van der Waals surface area contributed by atoms with Gasteiger partial charge < -0.3 is 14.2 Å². The maximum absolute atomic E-state index is 11.6. The number of allylic oxidation sites excluding steroid dienone is 1. The summed E-state index contributed by atoms with van der Waals surface area (Å²) in [4.78, 5) is 11.6. The molecule has 0 aromatic rings. The Balaban J connectivity index is -0.000000664. The Morgan fingerprint density at radius 3 is 1.78 bits per heavy atom. The van der Waals surface area contributed by atoms with Crippen LogP contribution in [0.1, 0.15) is 166 Å². The van der Waals surface area contributed by atoms with Crippen LogP contribution in [0.15, 0.2) is 16.0 Å². The summed E-state index contributed by atoms with van der Waals surface area (Å²) in [5.41, 5.74) is 1.18. The molecule has 244 valence electrons. The Morgan fingerprint density at radius 1 is 0.829 bits per heavy atom. The second-order valence-electron chi connectivity index (χ2n) is 10.8. The first kappa shape index (κ1) is 43.9. The lowest BCUT2D eigenvalue weighted by atomic mass is 9.90. The number of ether oxygens (including phenoxy) is 3. The van der Waals surface area contributed by atoms with Gasteiger partial charge in [0.2, 0.25) is 5.90 Å². The number of hydrogen-bond donors (Lipinski definition) is 2. The predicted molar refractivity (Wildman–Crippen MR) is 183 cm³/mol. The Bertz CT molecular complexity index is 678. The molecule has 0 bridgehead atoms. The van der Waals surface area contributed by atoms with E-state index in [1.54, 1.807) is 0 Å². The maximum atomic E-state index is 11.6. The topological polar surface area (TPSA) is 81.0 Å². The highest BCUT2D eigenvalue weighted by molar-refractivity contribution is 7.79. The molecule has 0 spiro atoms. The summed E-state index contributed by atoms with van der Waals surface area (Å²) in [6.07, 6.45) is 18.6. The number of nitrogens with one attached hydrogen (secondary N) is 1. The minimum Gasteiger partial charge on any atom is -0.477 e. The Labute approximate surface area is 260 Å². The van der Waals surface area contributed by atoms with E-state index in [0.717, 1.165) is 56.9 Å². The SMILES string of the molecule is CC.CCC/C=C(CC)/C(=N/S)C(=N)OCCCCCC.CCCCCCCCCOC(=O)OC(C)(C)C(C)CC. The van der Waals surface area contributed by atoms with Crippen LogP contribution in [0.3, 0.4) is 0 Å². The summed E-state index contributed by atoms with van der Waals surface area (Å²) in [5.74, 6) is 0.476. The van der Waals surface area contributed by atoms with Gasteiger partial charge in [-0.25, -0.2) is 9.19 Å². The van der Waals surface area contributed by atoms with Crippen molar-refractivity contribution in [2.45, 2.75) is 171 Å². The normalized spacial score (nSPS) is 12.4. The molecule has 0 aliphatic rings. The molecule has 0 saturated heterocycles. The van der Waals surface area contributed by atoms with E-state index in [0.29, 0.717) is 24.8 Å². The zero-order chi connectivity index (χ0) is 31.9. The molecular formula is C34H68N2O4S. The third-order valence-electron chi connectivity index (χ3n) is 7.04. The van der Waals surface area contributed by atoms with Crippen molar-refractivity contribution in [3.8, 4) is 0 Å². The van der Waals surface area contributed by atoms with Crippen LogP contribution in [0.5, 0.6) is 0 Å². The number of unbranched alkanes of at least 4 members (excludes halogenated alkanes) is 10. The quantitative estimate of drug-likeness (QED) is 0.0451. The third kappa shape index (κ3) is 25.9. The van der Waals surface area contributed by atoms with E-state index in [-0.39, 0.29) is 5.90 Å². The molecule has 0 radical (unpaired) electrons. The van der Waals surface area contributed by atoms with Crippen LogP contribution in [0.2, 0.25) is 0 Å². The first-order chi connectivity index (χ1) is 19.6. The van der Waals surface area contributed by atoms with Crippen molar-refractivity contribution < 1.29 is 19.0 Å². The van der Waals surface area contributed by atoms with Crippen LogP contribution in [0.4, 0.5) is 4.79 Å². The van der Waals surface area contributed by atoms with E-state index in [9.17, 15) is 4.79 Å². The largest absolute Gasteiger partial charge is 0.508 e. The molecule has 0 aliphatic carbocycles. The van der Waals surface area contributed by atoms with Gasteiger partial charge in [-0.15, -0.1) is 0 Å². The van der Waals surface area contributed by atoms with Crippen molar-refractivity contribution in [3.63, 3.8) is 0 Å². The van der Waals surface area contributed by atoms with E-state index in [1.807, 2.05) is 27.7 Å². The first-order valence-corrected chi connectivity index (χ1v) is 17.0. The van der Waals surface area contributed by atoms with Crippen molar-refractivity contribution in [2.24, 2.45) is 10.3 Å². The van der Waals surface area contributed by atoms with Gasteiger partial charge in [-0.3, -0.25) is 5.41 Å². The number of thiol groups is 1. The van der Waals surface area contributed by atoms with Gasteiger partial charge in [0.25, 0.3) is 0 Å². The highest BCUT2D eigenvalue weighted by Gasteiger charge is 2.29. The highest BCUT2D eigenvalue weighted by Crippen LogP contribution is 2.24. The van der Waals surface area contributed by atoms with Crippen LogP contribution in [-0.4, -0.2) is 36.6 Å². The fourth-order valence-electron chi connectivity index (χ4n) is 3.81. The van der Waals surface area contributed by atoms with E-state index in [2.05, 4.69) is 64.8 Å². The number of carbonyl (C=O) groups is 1. The summed E-state index contributed by atoms with van der Waals surface area (Å²) in [6.45, 7) is 21.7. The molecule has 0 saturated carbocycles. The lowest BCUT2D eigenvalue weighted by Gasteiger charge is -2.30. The molecule has 1 unspecified atom stereocenters. The standard InChI is InChI=1S/C17H34O3.C15H28N2OS.C2H6/c1-6-8-9-10-11-12-13-14-19-16(18)20-17(4,5)15(3)7-2;1-4-7-9-10-12-18-15(16)14(17-19)13(6-3)11-8-5-2;1-2/h15H,6-14H2,1-5H3;11,16,19H,4-10,12H2,1-3H3;1-2H3/b;13-11+,16-15?,17-14-;. The van der Waals surface area contributed by atoms with Crippen molar-refractivity contribution in [3.05, 3.63) is 11.6 Å². The maximum Gasteiger partial charge on any atom is 0.508 e. The molecule has 0 heterocycles. The molecule has 0 fully saturated rings. The van der Waals surface area contributed by atoms with Gasteiger partial charge >= 0.3 is 6.16 Å². The number of carbonyl (C=O) groups excluding carboxylic acids is 1. The van der Waals surface area contributed by atoms with Crippen molar-refractivity contribution >= 4 is 30.6 Å². The van der Waals surface area contributed by atoms with Crippen LogP contribution >= 0.6 is 12.8 Å². The van der Waals surface area contributed by atoms with Crippen molar-refractivity contribution in [1.82, 2.24) is 0 Å². The van der Waals surface area contributed by atoms with E-state index >= 15 is 0 Å². The Hall–Kier alpha value is -1.50. The van der Waals surface area contributed by atoms with Gasteiger partial charge in [-0.1, -0.05) is 126 Å². The Kier molecular flexibility index (Phi) is 33.7. The second-order valence-corrected chi connectivity index (χ2v) is 11.0. The summed E-state index contributed by atoms with van der Waals surface area (Å²) < 4.78 is 19.9. The van der Waals surface area contributed by atoms with Gasteiger partial charge in [-0.05, 0) is 70.3 Å². The third-order valence-corrected chi connectivity index (χ3v) is 7.24. The molecule has 6 nitrogen and oxygen atoms in total. The monoisotopic (exact) mass is 600 g/mol. The summed E-state index contributed by atoms with van der Waals surface area (Å²) in [5, 5.41) is 7.95. The molecule has 1 N–H and O–H groups in total. The van der Waals surface area contributed by atoms with Gasteiger partial charge in [0.15, 0.2) is 0 Å². The number of hydrogen-bond acceptors (Lipinski definition) is 7. The van der Waals surface area contributed by atoms with E-state index in [1.165, 1.54) is 44.9 Å². The molecule has 1 atom stereocenters. The van der Waals surface area contributed by atoms with Crippen molar-refractivity contribution in [2.75, 3.05) is 13.2 Å². The van der Waals surface area contributed by atoms with Crippen LogP contribution in [-0.2, 0) is 14.2 Å². The Morgan fingerprint density at radius 2 is 1.32 bits per heavy atom. The summed E-state index contributed by atoms with van der Waals surface area (Å²) in [7, 11) is 0.